The molecule has 0 radical (unpaired) electrons. The first-order valence-corrected chi connectivity index (χ1v) is 11.0. The summed E-state index contributed by atoms with van der Waals surface area (Å²) in [5, 5.41) is 0. The number of rotatable bonds is 7. The lowest BCUT2D eigenvalue weighted by molar-refractivity contribution is -0.440. The molecule has 0 N–H and O–H groups in total. The Morgan fingerprint density at radius 1 is 1.13 bits per heavy atom. The Kier molecular flexibility index (Phi) is 6.03. The lowest BCUT2D eigenvalue weighted by Gasteiger charge is -2.20. The molecule has 0 aromatic heterocycles. The van der Waals surface area contributed by atoms with Gasteiger partial charge in [0.1, 0.15) is 12.4 Å². The number of para-hydroxylation sites is 1. The normalized spacial score (nSPS) is 21.6. The Labute approximate surface area is 177 Å². The Balaban J connectivity index is 1.62. The molecule has 1 atom stereocenters. The molecule has 0 spiro atoms. The Morgan fingerprint density at radius 3 is 2.63 bits per heavy atom. The molecule has 4 rings (SSSR count). The molecular weight excluding hydrogens is 380 g/mol. The van der Waals surface area contributed by atoms with Crippen LogP contribution in [0.5, 0.6) is 5.75 Å². The van der Waals surface area contributed by atoms with Gasteiger partial charge in [-0.05, 0) is 44.2 Å². The fourth-order valence-corrected chi connectivity index (χ4v) is 4.84. The highest BCUT2D eigenvalue weighted by Crippen LogP contribution is 2.42. The minimum absolute atomic E-state index is 0.0627. The zero-order valence-electron chi connectivity index (χ0n) is 17.8. The van der Waals surface area contributed by atoms with Gasteiger partial charge in [0, 0.05) is 23.8 Å². The summed E-state index contributed by atoms with van der Waals surface area (Å²) in [6, 6.07) is 11.9. The van der Waals surface area contributed by atoms with Gasteiger partial charge in [0.25, 0.3) is 0 Å². The second-order valence-corrected chi connectivity index (χ2v) is 8.57. The quantitative estimate of drug-likeness (QED) is 0.471. The molecule has 30 heavy (non-hydrogen) atoms. The van der Waals surface area contributed by atoms with E-state index in [1.54, 1.807) is 0 Å². The number of ether oxygens (including phenoxy) is 1. The van der Waals surface area contributed by atoms with Crippen molar-refractivity contribution in [2.45, 2.75) is 51.4 Å². The molecule has 1 aliphatic heterocycles. The zero-order chi connectivity index (χ0) is 21.1. The van der Waals surface area contributed by atoms with Crippen molar-refractivity contribution in [3.8, 4) is 5.75 Å². The maximum Gasteiger partial charge on any atom is 0.209 e. The van der Waals surface area contributed by atoms with Crippen molar-refractivity contribution in [3.05, 3.63) is 71.8 Å². The van der Waals surface area contributed by atoms with Crippen LogP contribution < -0.4 is 4.74 Å². The minimum Gasteiger partial charge on any atom is -0.484 e. The highest BCUT2D eigenvalue weighted by Gasteiger charge is 2.46. The van der Waals surface area contributed by atoms with Gasteiger partial charge in [-0.1, -0.05) is 44.0 Å². The van der Waals surface area contributed by atoms with Crippen molar-refractivity contribution < 1.29 is 18.1 Å². The Morgan fingerprint density at radius 2 is 1.90 bits per heavy atom. The molecule has 0 amide bonds. The van der Waals surface area contributed by atoms with Gasteiger partial charge in [0.15, 0.2) is 23.8 Å². The maximum absolute atomic E-state index is 13.9. The molecule has 2 aromatic rings. The van der Waals surface area contributed by atoms with E-state index in [9.17, 15) is 8.78 Å². The van der Waals surface area contributed by atoms with E-state index in [1.165, 1.54) is 54.8 Å². The molecule has 2 aliphatic rings. The number of allylic oxidation sites excluding steroid dienone is 2. The maximum atomic E-state index is 13.9. The van der Waals surface area contributed by atoms with E-state index in [0.717, 1.165) is 12.5 Å². The predicted molar refractivity (Wildman–Crippen MR) is 117 cm³/mol. The van der Waals surface area contributed by atoms with Crippen LogP contribution >= 0.6 is 0 Å². The predicted octanol–water partition coefficient (Wildman–Crippen LogP) is 6.56. The van der Waals surface area contributed by atoms with Crippen LogP contribution in [-0.4, -0.2) is 23.4 Å². The lowest BCUT2D eigenvalue weighted by Crippen LogP contribution is -2.31. The van der Waals surface area contributed by atoms with Gasteiger partial charge >= 0.3 is 0 Å². The molecule has 1 aliphatic carbocycles. The van der Waals surface area contributed by atoms with Crippen LogP contribution in [0.25, 0.3) is 0 Å². The fourth-order valence-electron chi connectivity index (χ4n) is 4.84. The van der Waals surface area contributed by atoms with Crippen LogP contribution in [-0.2, 0) is 5.41 Å². The summed E-state index contributed by atoms with van der Waals surface area (Å²) in [4.78, 5) is 0. The van der Waals surface area contributed by atoms with Crippen LogP contribution in [0.1, 0.15) is 51.5 Å². The van der Waals surface area contributed by atoms with E-state index in [0.29, 0.717) is 19.1 Å². The average molecular weight is 411 g/mol. The number of benzene rings is 2. The Bertz CT molecular complexity index is 975. The van der Waals surface area contributed by atoms with Crippen molar-refractivity contribution in [1.29, 1.82) is 0 Å². The summed E-state index contributed by atoms with van der Waals surface area (Å²) in [6.07, 6.45) is 10.9. The monoisotopic (exact) mass is 410 g/mol. The third kappa shape index (κ3) is 3.92. The number of hydrogen-bond donors (Lipinski definition) is 0. The summed E-state index contributed by atoms with van der Waals surface area (Å²) in [7, 11) is 0. The van der Waals surface area contributed by atoms with E-state index in [1.807, 2.05) is 0 Å². The van der Waals surface area contributed by atoms with Gasteiger partial charge in [-0.15, -0.1) is 0 Å². The summed E-state index contributed by atoms with van der Waals surface area (Å²) in [5.74, 6) is -0.515. The second kappa shape index (κ2) is 8.71. The van der Waals surface area contributed by atoms with E-state index in [4.69, 9.17) is 4.74 Å². The zero-order valence-corrected chi connectivity index (χ0v) is 17.8. The van der Waals surface area contributed by atoms with E-state index < -0.39 is 11.6 Å². The molecule has 1 fully saturated rings. The molecular formula is C26H30F2NO+. The number of fused-ring (bicyclic) bond motifs is 1. The van der Waals surface area contributed by atoms with Crippen LogP contribution in [0, 0.1) is 17.6 Å². The summed E-state index contributed by atoms with van der Waals surface area (Å²) in [5.41, 5.74) is 3.73. The van der Waals surface area contributed by atoms with Crippen LogP contribution in [0.2, 0.25) is 0 Å². The van der Waals surface area contributed by atoms with E-state index in [-0.39, 0.29) is 11.2 Å². The first kappa shape index (κ1) is 20.8. The molecule has 2 nitrogen and oxygen atoms in total. The van der Waals surface area contributed by atoms with Crippen LogP contribution in [0.4, 0.5) is 14.5 Å². The summed E-state index contributed by atoms with van der Waals surface area (Å²) < 4.78 is 35.1. The number of nitrogens with zero attached hydrogens (tertiary/aromatic N) is 1. The molecule has 2 aromatic carbocycles. The van der Waals surface area contributed by atoms with Crippen LogP contribution in [0.3, 0.4) is 0 Å². The first-order chi connectivity index (χ1) is 14.5. The minimum atomic E-state index is -0.666. The van der Waals surface area contributed by atoms with Gasteiger partial charge in [-0.2, -0.15) is 4.58 Å². The highest BCUT2D eigenvalue weighted by molar-refractivity contribution is 6.03. The molecule has 4 heteroatoms. The molecule has 0 bridgehead atoms. The van der Waals surface area contributed by atoms with Gasteiger partial charge in [-0.25, -0.2) is 8.78 Å². The highest BCUT2D eigenvalue weighted by atomic mass is 19.1. The standard InChI is InChI=1S/C26H30F2NO/c1-3-26(2)21-10-6-7-11-23(21)29(25(26)15-12-19-8-4-5-9-19)16-17-30-24-14-13-20(27)18-22(24)28/h6-7,10-15,18-19H,3-5,8-9,16-17H2,1-2H3/q+1. The fraction of sp³-hybridized carbons (Fsp3) is 0.423. The van der Waals surface area contributed by atoms with Crippen molar-refractivity contribution in [2.24, 2.45) is 5.92 Å². The van der Waals surface area contributed by atoms with Gasteiger partial charge in [-0.3, -0.25) is 0 Å². The smallest absolute Gasteiger partial charge is 0.209 e. The van der Waals surface area contributed by atoms with Gasteiger partial charge in [0.2, 0.25) is 5.69 Å². The van der Waals surface area contributed by atoms with E-state index in [2.05, 4.69) is 54.8 Å². The molecule has 158 valence electrons. The van der Waals surface area contributed by atoms with Gasteiger partial charge < -0.3 is 4.74 Å². The van der Waals surface area contributed by atoms with Crippen molar-refractivity contribution in [3.63, 3.8) is 0 Å². The van der Waals surface area contributed by atoms with Crippen molar-refractivity contribution in [1.82, 2.24) is 0 Å². The first-order valence-electron chi connectivity index (χ1n) is 11.0. The van der Waals surface area contributed by atoms with E-state index >= 15 is 0 Å². The molecule has 1 heterocycles. The third-order valence-corrected chi connectivity index (χ3v) is 6.75. The number of hydrogen-bond acceptors (Lipinski definition) is 1. The largest absolute Gasteiger partial charge is 0.484 e. The SMILES string of the molecule is CCC1(C)C(C=CC2CCCC2)=[N+](CCOc2ccc(F)cc2F)c2ccccc21. The number of halogens is 2. The van der Waals surface area contributed by atoms with Crippen LogP contribution in [0.15, 0.2) is 54.6 Å². The lowest BCUT2D eigenvalue weighted by atomic mass is 9.77. The summed E-state index contributed by atoms with van der Waals surface area (Å²) >= 11 is 0. The molecule has 1 unspecified atom stereocenters. The van der Waals surface area contributed by atoms with Crippen molar-refractivity contribution >= 4 is 11.4 Å². The third-order valence-electron chi connectivity index (χ3n) is 6.75. The topological polar surface area (TPSA) is 12.2 Å². The molecule has 1 saturated carbocycles. The average Bonchev–Trinajstić information content (AvgIpc) is 3.34. The summed E-state index contributed by atoms with van der Waals surface area (Å²) in [6.45, 7) is 5.46. The van der Waals surface area contributed by atoms with Crippen molar-refractivity contribution in [2.75, 3.05) is 13.2 Å². The Hall–Kier alpha value is -2.49. The second-order valence-electron chi connectivity index (χ2n) is 8.57. The molecule has 0 saturated heterocycles. The van der Waals surface area contributed by atoms with Gasteiger partial charge in [0.05, 0.1) is 5.41 Å².